The Balaban J connectivity index is 1.39. The van der Waals surface area contributed by atoms with Crippen molar-refractivity contribution in [3.63, 3.8) is 0 Å². The third-order valence-electron chi connectivity index (χ3n) is 8.14. The molecule has 2 aromatic carbocycles. The second-order valence-corrected chi connectivity index (χ2v) is 9.99. The van der Waals surface area contributed by atoms with Crippen LogP contribution in [0.1, 0.15) is 86.5 Å². The zero-order chi connectivity index (χ0) is 19.7. The van der Waals surface area contributed by atoms with Crippen molar-refractivity contribution >= 4 is 0 Å². The topological polar surface area (TPSA) is 0 Å². The zero-order valence-corrected chi connectivity index (χ0v) is 18.4. The van der Waals surface area contributed by atoms with E-state index in [1.54, 1.807) is 5.56 Å². The predicted molar refractivity (Wildman–Crippen MR) is 122 cm³/mol. The van der Waals surface area contributed by atoms with Gasteiger partial charge in [-0.05, 0) is 116 Å². The monoisotopic (exact) mass is 374 g/mol. The fourth-order valence-corrected chi connectivity index (χ4v) is 5.83. The molecular weight excluding hydrogens is 336 g/mol. The molecule has 0 aliphatic heterocycles. The quantitative estimate of drug-likeness (QED) is 0.506. The van der Waals surface area contributed by atoms with Gasteiger partial charge in [-0.15, -0.1) is 0 Å². The second kappa shape index (κ2) is 8.44. The summed E-state index contributed by atoms with van der Waals surface area (Å²) in [5, 5.41) is 0. The van der Waals surface area contributed by atoms with Gasteiger partial charge in [0.25, 0.3) is 0 Å². The summed E-state index contributed by atoms with van der Waals surface area (Å²) >= 11 is 0. The molecule has 0 spiro atoms. The van der Waals surface area contributed by atoms with Gasteiger partial charge in [0.1, 0.15) is 0 Å². The van der Waals surface area contributed by atoms with Crippen molar-refractivity contribution in [3.05, 3.63) is 58.7 Å². The fraction of sp³-hybridized carbons (Fsp3) is 0.571. The molecule has 2 aliphatic rings. The Morgan fingerprint density at radius 3 is 1.64 bits per heavy atom. The van der Waals surface area contributed by atoms with E-state index in [2.05, 4.69) is 64.1 Å². The van der Waals surface area contributed by atoms with E-state index in [0.717, 1.165) is 23.7 Å². The van der Waals surface area contributed by atoms with E-state index in [-0.39, 0.29) is 0 Å². The molecule has 150 valence electrons. The van der Waals surface area contributed by atoms with E-state index in [4.69, 9.17) is 0 Å². The predicted octanol–water partition coefficient (Wildman–Crippen LogP) is 8.38. The maximum absolute atomic E-state index is 2.44. The average molecular weight is 375 g/mol. The highest BCUT2D eigenvalue weighted by Crippen LogP contribution is 2.44. The van der Waals surface area contributed by atoms with E-state index >= 15 is 0 Å². The van der Waals surface area contributed by atoms with Crippen molar-refractivity contribution in [2.45, 2.75) is 85.0 Å². The van der Waals surface area contributed by atoms with E-state index < -0.39 is 0 Å². The van der Waals surface area contributed by atoms with Crippen LogP contribution in [0.5, 0.6) is 0 Å². The van der Waals surface area contributed by atoms with Gasteiger partial charge in [0.2, 0.25) is 0 Å². The molecule has 0 N–H and O–H groups in total. The van der Waals surface area contributed by atoms with Gasteiger partial charge in [0, 0.05) is 0 Å². The number of aryl methyl sites for hydroxylation is 2. The Bertz CT molecular complexity index is 758. The number of rotatable bonds is 3. The molecular formula is C28H38. The highest BCUT2D eigenvalue weighted by atomic mass is 14.4. The van der Waals surface area contributed by atoms with Gasteiger partial charge in [-0.2, -0.15) is 0 Å². The minimum absolute atomic E-state index is 0.786. The molecule has 28 heavy (non-hydrogen) atoms. The average Bonchev–Trinajstić information content (AvgIpc) is 2.72. The highest BCUT2D eigenvalue weighted by molar-refractivity contribution is 5.66. The maximum atomic E-state index is 2.44. The molecule has 0 unspecified atom stereocenters. The first kappa shape index (κ1) is 19.7. The van der Waals surface area contributed by atoms with Crippen LogP contribution in [0.2, 0.25) is 0 Å². The molecule has 0 amide bonds. The second-order valence-electron chi connectivity index (χ2n) is 9.99. The van der Waals surface area contributed by atoms with Crippen LogP contribution in [0, 0.1) is 38.5 Å². The first-order valence-corrected chi connectivity index (χ1v) is 11.7. The molecule has 4 rings (SSSR count). The lowest BCUT2D eigenvalue weighted by molar-refractivity contribution is 0.165. The lowest BCUT2D eigenvalue weighted by atomic mass is 9.68. The van der Waals surface area contributed by atoms with Crippen molar-refractivity contribution in [2.75, 3.05) is 0 Å². The zero-order valence-electron chi connectivity index (χ0n) is 18.4. The Kier molecular flexibility index (Phi) is 5.95. The van der Waals surface area contributed by atoms with Crippen LogP contribution in [0.15, 0.2) is 36.4 Å². The molecule has 0 saturated heterocycles. The summed E-state index contributed by atoms with van der Waals surface area (Å²) in [6, 6.07) is 14.2. The molecule has 2 saturated carbocycles. The van der Waals surface area contributed by atoms with Crippen LogP contribution in [-0.4, -0.2) is 0 Å². The van der Waals surface area contributed by atoms with E-state index in [0.29, 0.717) is 0 Å². The van der Waals surface area contributed by atoms with Gasteiger partial charge in [-0.1, -0.05) is 56.2 Å². The van der Waals surface area contributed by atoms with E-state index in [9.17, 15) is 0 Å². The lowest BCUT2D eigenvalue weighted by Crippen LogP contribution is -2.24. The highest BCUT2D eigenvalue weighted by Gasteiger charge is 2.30. The van der Waals surface area contributed by atoms with Crippen LogP contribution in [0.3, 0.4) is 0 Å². The summed E-state index contributed by atoms with van der Waals surface area (Å²) in [4.78, 5) is 0. The summed E-state index contributed by atoms with van der Waals surface area (Å²) in [5.41, 5.74) is 8.51. The van der Waals surface area contributed by atoms with Crippen LogP contribution in [0.25, 0.3) is 11.1 Å². The third-order valence-corrected chi connectivity index (χ3v) is 8.14. The number of hydrogen-bond acceptors (Lipinski definition) is 0. The Morgan fingerprint density at radius 2 is 1.11 bits per heavy atom. The molecule has 0 heterocycles. The van der Waals surface area contributed by atoms with Gasteiger partial charge in [-0.3, -0.25) is 0 Å². The minimum atomic E-state index is 0.786. The van der Waals surface area contributed by atoms with E-state index in [1.807, 2.05) is 0 Å². The van der Waals surface area contributed by atoms with Crippen molar-refractivity contribution in [1.29, 1.82) is 0 Å². The van der Waals surface area contributed by atoms with Gasteiger partial charge < -0.3 is 0 Å². The van der Waals surface area contributed by atoms with Gasteiger partial charge in [0.05, 0.1) is 0 Å². The summed E-state index contributed by atoms with van der Waals surface area (Å²) in [7, 11) is 0. The smallest absolute Gasteiger partial charge is 0.0162 e. The summed E-state index contributed by atoms with van der Waals surface area (Å²) in [6.45, 7) is 9.12. The maximum Gasteiger partial charge on any atom is -0.0162 e. The molecule has 0 aromatic heterocycles. The summed E-state index contributed by atoms with van der Waals surface area (Å²) in [6.07, 6.45) is 11.7. The molecule has 0 nitrogen and oxygen atoms in total. The SMILES string of the molecule is Cc1cc(-c2ccc(C3CCC(C4CCC(C)CC4)CC3)cc2)cc(C)c1C. The Hall–Kier alpha value is -1.56. The van der Waals surface area contributed by atoms with Crippen LogP contribution in [0.4, 0.5) is 0 Å². The van der Waals surface area contributed by atoms with E-state index in [1.165, 1.54) is 79.2 Å². The van der Waals surface area contributed by atoms with Crippen molar-refractivity contribution in [3.8, 4) is 11.1 Å². The summed E-state index contributed by atoms with van der Waals surface area (Å²) < 4.78 is 0. The van der Waals surface area contributed by atoms with Gasteiger partial charge in [0.15, 0.2) is 0 Å². The Morgan fingerprint density at radius 1 is 0.607 bits per heavy atom. The molecule has 2 aliphatic carbocycles. The summed E-state index contributed by atoms with van der Waals surface area (Å²) in [5.74, 6) is 3.82. The van der Waals surface area contributed by atoms with Crippen molar-refractivity contribution < 1.29 is 0 Å². The third kappa shape index (κ3) is 4.22. The van der Waals surface area contributed by atoms with Crippen molar-refractivity contribution in [1.82, 2.24) is 0 Å². The molecule has 0 radical (unpaired) electrons. The van der Waals surface area contributed by atoms with Crippen molar-refractivity contribution in [2.24, 2.45) is 17.8 Å². The lowest BCUT2D eigenvalue weighted by Gasteiger charge is -2.37. The molecule has 0 atom stereocenters. The molecule has 2 aromatic rings. The normalized spacial score (nSPS) is 28.3. The molecule has 0 heteroatoms. The van der Waals surface area contributed by atoms with Gasteiger partial charge in [-0.25, -0.2) is 0 Å². The molecule has 2 fully saturated rings. The first-order chi connectivity index (χ1) is 13.5. The van der Waals surface area contributed by atoms with Crippen LogP contribution >= 0.6 is 0 Å². The first-order valence-electron chi connectivity index (χ1n) is 11.7. The number of benzene rings is 2. The number of hydrogen-bond donors (Lipinski definition) is 0. The largest absolute Gasteiger partial charge is 0.0625 e. The standard InChI is InChI=1S/C28H38/c1-19-5-7-23(8-6-19)24-9-11-25(12-10-24)26-13-15-27(16-14-26)28-17-20(2)22(4)21(3)18-28/h13-19,23-25H,5-12H2,1-4H3. The Labute approximate surface area is 172 Å². The fourth-order valence-electron chi connectivity index (χ4n) is 5.83. The van der Waals surface area contributed by atoms with Gasteiger partial charge >= 0.3 is 0 Å². The van der Waals surface area contributed by atoms with Crippen LogP contribution in [-0.2, 0) is 0 Å². The minimum Gasteiger partial charge on any atom is -0.0625 e. The molecule has 0 bridgehead atoms. The van der Waals surface area contributed by atoms with Crippen LogP contribution < -0.4 is 0 Å².